The van der Waals surface area contributed by atoms with Gasteiger partial charge in [-0.3, -0.25) is 9.59 Å². The van der Waals surface area contributed by atoms with Crippen LogP contribution in [0.25, 0.3) is 0 Å². The van der Waals surface area contributed by atoms with Crippen molar-refractivity contribution in [1.82, 2.24) is 4.90 Å². The van der Waals surface area contributed by atoms with Crippen LogP contribution in [-0.4, -0.2) is 29.8 Å². The summed E-state index contributed by atoms with van der Waals surface area (Å²) in [5.74, 6) is -0.328. The summed E-state index contributed by atoms with van der Waals surface area (Å²) >= 11 is 5.98. The van der Waals surface area contributed by atoms with E-state index >= 15 is 0 Å². The van der Waals surface area contributed by atoms with Crippen molar-refractivity contribution in [3.63, 3.8) is 0 Å². The lowest BCUT2D eigenvalue weighted by Crippen LogP contribution is -2.38. The third-order valence-corrected chi connectivity index (χ3v) is 4.23. The van der Waals surface area contributed by atoms with Crippen molar-refractivity contribution in [2.24, 2.45) is 0 Å². The monoisotopic (exact) mass is 358 g/mol. The molecule has 0 bridgehead atoms. The van der Waals surface area contributed by atoms with Gasteiger partial charge >= 0.3 is 0 Å². The molecule has 2 aromatic rings. The van der Waals surface area contributed by atoms with E-state index in [4.69, 9.17) is 11.6 Å². The lowest BCUT2D eigenvalue weighted by Gasteiger charge is -2.21. The highest BCUT2D eigenvalue weighted by Crippen LogP contribution is 2.16. The molecular formula is C20H23ClN2O2. The van der Waals surface area contributed by atoms with Crippen molar-refractivity contribution >= 4 is 29.1 Å². The zero-order chi connectivity index (χ0) is 18.4. The molecule has 5 heteroatoms. The summed E-state index contributed by atoms with van der Waals surface area (Å²) in [6.07, 6.45) is 0.650. The molecule has 132 valence electrons. The average Bonchev–Trinajstić information content (AvgIpc) is 2.54. The number of benzene rings is 2. The van der Waals surface area contributed by atoms with Gasteiger partial charge in [0.2, 0.25) is 11.8 Å². The number of carbonyl (C=O) groups is 2. The Labute approximate surface area is 153 Å². The van der Waals surface area contributed by atoms with Crippen molar-refractivity contribution in [3.05, 3.63) is 64.2 Å². The number of halogens is 1. The molecule has 0 unspecified atom stereocenters. The molecule has 4 nitrogen and oxygen atoms in total. The Balaban J connectivity index is 1.96. The molecule has 2 amide bonds. The van der Waals surface area contributed by atoms with E-state index in [2.05, 4.69) is 5.32 Å². The molecule has 0 saturated carbocycles. The van der Waals surface area contributed by atoms with Crippen molar-refractivity contribution in [1.29, 1.82) is 0 Å². The van der Waals surface area contributed by atoms with E-state index in [1.807, 2.05) is 56.3 Å². The van der Waals surface area contributed by atoms with E-state index in [1.54, 1.807) is 4.90 Å². The molecule has 0 aliphatic carbocycles. The molecule has 0 atom stereocenters. The van der Waals surface area contributed by atoms with E-state index in [1.165, 1.54) is 6.92 Å². The Morgan fingerprint density at radius 3 is 2.52 bits per heavy atom. The number of carbonyl (C=O) groups excluding carboxylic acids is 2. The number of hydrogen-bond acceptors (Lipinski definition) is 2. The Morgan fingerprint density at radius 2 is 1.88 bits per heavy atom. The third kappa shape index (κ3) is 5.91. The van der Waals surface area contributed by atoms with Gasteiger partial charge in [0.15, 0.2) is 0 Å². The van der Waals surface area contributed by atoms with Crippen LogP contribution in [0.1, 0.15) is 23.6 Å². The fraction of sp³-hybridized carbons (Fsp3) is 0.300. The summed E-state index contributed by atoms with van der Waals surface area (Å²) in [7, 11) is 0. The van der Waals surface area contributed by atoms with Gasteiger partial charge < -0.3 is 10.2 Å². The summed E-state index contributed by atoms with van der Waals surface area (Å²) in [6, 6.07) is 13.4. The van der Waals surface area contributed by atoms with Crippen LogP contribution in [0.2, 0.25) is 5.02 Å². The van der Waals surface area contributed by atoms with Gasteiger partial charge in [-0.1, -0.05) is 41.4 Å². The molecule has 0 radical (unpaired) electrons. The second-order valence-corrected chi connectivity index (χ2v) is 6.62. The van der Waals surface area contributed by atoms with Crippen LogP contribution in [0, 0.1) is 13.8 Å². The molecule has 2 rings (SSSR count). The number of nitrogens with zero attached hydrogens (tertiary/aromatic N) is 1. The highest BCUT2D eigenvalue weighted by Gasteiger charge is 2.14. The Morgan fingerprint density at radius 1 is 1.12 bits per heavy atom. The second-order valence-electron chi connectivity index (χ2n) is 6.19. The van der Waals surface area contributed by atoms with Crippen LogP contribution >= 0.6 is 11.6 Å². The van der Waals surface area contributed by atoms with Gasteiger partial charge in [-0.2, -0.15) is 0 Å². The normalized spacial score (nSPS) is 10.4. The molecule has 25 heavy (non-hydrogen) atoms. The van der Waals surface area contributed by atoms with Crippen molar-refractivity contribution in [2.45, 2.75) is 27.2 Å². The summed E-state index contributed by atoms with van der Waals surface area (Å²) in [4.78, 5) is 25.7. The standard InChI is InChI=1S/C20H23ClN2O2/c1-14-7-8-19(15(2)11-14)22-20(25)13-23(16(3)24)10-9-17-5-4-6-18(21)12-17/h4-8,11-12H,9-10,13H2,1-3H3,(H,22,25). The van der Waals surface area contributed by atoms with Gasteiger partial charge in [0.1, 0.15) is 0 Å². The number of hydrogen-bond donors (Lipinski definition) is 1. The Kier molecular flexibility index (Phi) is 6.59. The average molecular weight is 359 g/mol. The maximum absolute atomic E-state index is 12.3. The van der Waals surface area contributed by atoms with Crippen LogP contribution in [0.4, 0.5) is 5.69 Å². The first kappa shape index (κ1) is 19.0. The van der Waals surface area contributed by atoms with E-state index in [0.717, 1.165) is 22.4 Å². The van der Waals surface area contributed by atoms with Crippen LogP contribution in [-0.2, 0) is 16.0 Å². The molecule has 0 heterocycles. The Hall–Kier alpha value is -2.33. The zero-order valence-electron chi connectivity index (χ0n) is 14.8. The number of aryl methyl sites for hydroxylation is 2. The molecule has 0 fully saturated rings. The van der Waals surface area contributed by atoms with Crippen molar-refractivity contribution in [2.75, 3.05) is 18.4 Å². The topological polar surface area (TPSA) is 49.4 Å². The van der Waals surface area contributed by atoms with Gasteiger partial charge in [-0.15, -0.1) is 0 Å². The quantitative estimate of drug-likeness (QED) is 0.848. The van der Waals surface area contributed by atoms with Crippen LogP contribution in [0.15, 0.2) is 42.5 Å². The maximum atomic E-state index is 12.3. The SMILES string of the molecule is CC(=O)N(CCc1cccc(Cl)c1)CC(=O)Nc1ccc(C)cc1C. The van der Waals surface area contributed by atoms with E-state index in [0.29, 0.717) is 18.0 Å². The Bertz CT molecular complexity index is 774. The highest BCUT2D eigenvalue weighted by atomic mass is 35.5. The van der Waals surface area contributed by atoms with Crippen molar-refractivity contribution in [3.8, 4) is 0 Å². The largest absolute Gasteiger partial charge is 0.333 e. The fourth-order valence-electron chi connectivity index (χ4n) is 2.62. The summed E-state index contributed by atoms with van der Waals surface area (Å²) in [5.41, 5.74) is 3.95. The van der Waals surface area contributed by atoms with Gasteiger partial charge in [0, 0.05) is 24.2 Å². The molecule has 0 saturated heterocycles. The lowest BCUT2D eigenvalue weighted by atomic mass is 10.1. The molecule has 1 N–H and O–H groups in total. The summed E-state index contributed by atoms with van der Waals surface area (Å²) in [5, 5.41) is 3.54. The van der Waals surface area contributed by atoms with E-state index in [9.17, 15) is 9.59 Å². The number of anilines is 1. The predicted octanol–water partition coefficient (Wildman–Crippen LogP) is 3.99. The maximum Gasteiger partial charge on any atom is 0.244 e. The van der Waals surface area contributed by atoms with Crippen LogP contribution < -0.4 is 5.32 Å². The molecule has 0 aliphatic heterocycles. The summed E-state index contributed by atoms with van der Waals surface area (Å²) < 4.78 is 0. The zero-order valence-corrected chi connectivity index (χ0v) is 15.6. The first-order valence-corrected chi connectivity index (χ1v) is 8.60. The van der Waals surface area contributed by atoms with Gasteiger partial charge in [-0.25, -0.2) is 0 Å². The second kappa shape index (κ2) is 8.67. The lowest BCUT2D eigenvalue weighted by molar-refractivity contribution is -0.132. The molecule has 0 aromatic heterocycles. The first-order valence-electron chi connectivity index (χ1n) is 8.22. The first-order chi connectivity index (χ1) is 11.8. The van der Waals surface area contributed by atoms with E-state index < -0.39 is 0 Å². The molecular weight excluding hydrogens is 336 g/mol. The van der Waals surface area contributed by atoms with Gasteiger partial charge in [-0.05, 0) is 49.6 Å². The smallest absolute Gasteiger partial charge is 0.244 e. The predicted molar refractivity (Wildman–Crippen MR) is 102 cm³/mol. The molecule has 0 spiro atoms. The minimum Gasteiger partial charge on any atom is -0.333 e. The number of nitrogens with one attached hydrogen (secondary N) is 1. The minimum absolute atomic E-state index is 0.0310. The minimum atomic E-state index is -0.201. The number of amides is 2. The van der Waals surface area contributed by atoms with Crippen molar-refractivity contribution < 1.29 is 9.59 Å². The van der Waals surface area contributed by atoms with Crippen LogP contribution in [0.3, 0.4) is 0 Å². The fourth-order valence-corrected chi connectivity index (χ4v) is 2.83. The number of rotatable bonds is 6. The molecule has 0 aliphatic rings. The summed E-state index contributed by atoms with van der Waals surface area (Å²) in [6.45, 7) is 5.93. The molecule has 2 aromatic carbocycles. The van der Waals surface area contributed by atoms with Crippen LogP contribution in [0.5, 0.6) is 0 Å². The highest BCUT2D eigenvalue weighted by molar-refractivity contribution is 6.30. The van der Waals surface area contributed by atoms with E-state index in [-0.39, 0.29) is 18.4 Å². The van der Waals surface area contributed by atoms with Gasteiger partial charge in [0.05, 0.1) is 6.54 Å². The van der Waals surface area contributed by atoms with Gasteiger partial charge in [0.25, 0.3) is 0 Å². The third-order valence-electron chi connectivity index (χ3n) is 4.00.